The second-order valence-electron chi connectivity index (χ2n) is 13.5. The van der Waals surface area contributed by atoms with Crippen molar-refractivity contribution in [3.8, 4) is 17.2 Å². The van der Waals surface area contributed by atoms with E-state index in [0.717, 1.165) is 79.5 Å². The Kier molecular flexibility index (Phi) is 24.0. The lowest BCUT2D eigenvalue weighted by atomic mass is 9.65. The fourth-order valence-electron chi connectivity index (χ4n) is 6.79. The quantitative estimate of drug-likeness (QED) is 0.0635. The van der Waals surface area contributed by atoms with E-state index in [4.69, 9.17) is 0 Å². The molecule has 8 heteroatoms. The Morgan fingerprint density at radius 3 is 1.93 bits per heavy atom. The molecule has 0 radical (unpaired) electrons. The predicted molar refractivity (Wildman–Crippen MR) is 232 cm³/mol. The molecule has 0 saturated heterocycles. The number of hydrogen-bond acceptors (Lipinski definition) is 4. The van der Waals surface area contributed by atoms with Crippen LogP contribution in [-0.4, -0.2) is 12.8 Å². The van der Waals surface area contributed by atoms with Crippen molar-refractivity contribution in [2.75, 3.05) is 12.8 Å². The van der Waals surface area contributed by atoms with E-state index in [1.165, 1.54) is 36.0 Å². The van der Waals surface area contributed by atoms with E-state index >= 15 is 0 Å². The minimum Gasteiger partial charge on any atom is -0.405 e. The summed E-state index contributed by atoms with van der Waals surface area (Å²) in [7, 11) is 0. The van der Waals surface area contributed by atoms with E-state index < -0.39 is 17.2 Å². The van der Waals surface area contributed by atoms with Crippen LogP contribution in [0.15, 0.2) is 121 Å². The van der Waals surface area contributed by atoms with E-state index in [1.54, 1.807) is 42.2 Å². The highest BCUT2D eigenvalue weighted by Crippen LogP contribution is 2.43. The lowest BCUT2D eigenvalue weighted by Gasteiger charge is -2.39. The van der Waals surface area contributed by atoms with Gasteiger partial charge in [0.25, 0.3) is 0 Å². The van der Waals surface area contributed by atoms with Crippen molar-refractivity contribution >= 4 is 11.8 Å². The summed E-state index contributed by atoms with van der Waals surface area (Å²) in [5, 5.41) is 12.5. The van der Waals surface area contributed by atoms with Gasteiger partial charge in [0, 0.05) is 11.4 Å². The van der Waals surface area contributed by atoms with Gasteiger partial charge in [0.2, 0.25) is 0 Å². The summed E-state index contributed by atoms with van der Waals surface area (Å²) in [6, 6.07) is 29.6. The number of hydrogen-bond donors (Lipinski definition) is 2. The molecule has 0 aliphatic carbocycles. The van der Waals surface area contributed by atoms with Crippen LogP contribution in [0.3, 0.4) is 0 Å². The second kappa shape index (κ2) is 27.2. The monoisotopic (exact) mass is 789 g/mol. The van der Waals surface area contributed by atoms with Crippen molar-refractivity contribution in [2.24, 2.45) is 11.7 Å². The molecule has 0 aliphatic heterocycles. The largest absolute Gasteiger partial charge is 0.417 e. The average molecular weight is 790 g/mol. The minimum atomic E-state index is -4.58. The van der Waals surface area contributed by atoms with Gasteiger partial charge in [0.1, 0.15) is 5.82 Å². The zero-order valence-corrected chi connectivity index (χ0v) is 35.1. The molecule has 3 nitrogen and oxygen atoms in total. The summed E-state index contributed by atoms with van der Waals surface area (Å²) in [6.45, 7) is 18.2. The highest BCUT2D eigenvalue weighted by atomic mass is 32.2. The van der Waals surface area contributed by atoms with Crippen LogP contribution in [0.4, 0.5) is 17.6 Å². The van der Waals surface area contributed by atoms with Crippen LogP contribution in [0.25, 0.3) is 11.1 Å². The van der Waals surface area contributed by atoms with Crippen LogP contribution in [0.1, 0.15) is 107 Å². The van der Waals surface area contributed by atoms with Gasteiger partial charge in [-0.25, -0.2) is 4.39 Å². The van der Waals surface area contributed by atoms with E-state index in [-0.39, 0.29) is 17.3 Å². The molecule has 1 unspecified atom stereocenters. The third-order valence-electron chi connectivity index (χ3n) is 9.52. The topological polar surface area (TPSA) is 61.8 Å². The fourth-order valence-corrected chi connectivity index (χ4v) is 7.20. The summed E-state index contributed by atoms with van der Waals surface area (Å²) in [4.78, 5) is 1.09. The maximum atomic E-state index is 14.0. The second-order valence-corrected chi connectivity index (χ2v) is 14.4. The van der Waals surface area contributed by atoms with Crippen molar-refractivity contribution < 1.29 is 17.6 Å². The molecule has 56 heavy (non-hydrogen) atoms. The molecule has 0 fully saturated rings. The van der Waals surface area contributed by atoms with Crippen molar-refractivity contribution in [2.45, 2.75) is 109 Å². The molecule has 0 aliphatic rings. The summed E-state index contributed by atoms with van der Waals surface area (Å²) in [6.07, 6.45) is 9.18. The smallest absolute Gasteiger partial charge is 0.405 e. The molecule has 0 aromatic heterocycles. The van der Waals surface area contributed by atoms with Crippen molar-refractivity contribution in [3.63, 3.8) is 0 Å². The molecule has 3 N–H and O–H groups in total. The number of nitrogens with zero attached hydrogens (tertiary/aromatic N) is 1. The average Bonchev–Trinajstić information content (AvgIpc) is 3.20. The van der Waals surface area contributed by atoms with E-state index in [1.807, 2.05) is 20.1 Å². The van der Waals surface area contributed by atoms with E-state index in [0.29, 0.717) is 12.0 Å². The maximum Gasteiger partial charge on any atom is 0.417 e. The number of thioether (sulfide) groups is 1. The summed E-state index contributed by atoms with van der Waals surface area (Å²) in [5.41, 5.74) is 8.24. The minimum absolute atomic E-state index is 0.173. The fraction of sp³-hybridized carbons (Fsp3) is 0.396. The van der Waals surface area contributed by atoms with Gasteiger partial charge in [-0.1, -0.05) is 122 Å². The van der Waals surface area contributed by atoms with Gasteiger partial charge < -0.3 is 11.1 Å². The zero-order valence-electron chi connectivity index (χ0n) is 34.3. The number of alkyl halides is 3. The first-order valence-corrected chi connectivity index (χ1v) is 20.9. The number of aryl methyl sites for hydroxylation is 1. The third-order valence-corrected chi connectivity index (χ3v) is 10.3. The zero-order chi connectivity index (χ0) is 42.0. The molecule has 4 rings (SSSR count). The Balaban J connectivity index is 0.000000949. The van der Waals surface area contributed by atoms with Gasteiger partial charge in [0.05, 0.1) is 17.2 Å². The van der Waals surface area contributed by atoms with Gasteiger partial charge >= 0.3 is 6.18 Å². The van der Waals surface area contributed by atoms with Crippen LogP contribution in [0, 0.1) is 23.1 Å². The number of nitrogens with two attached hydrogens (primary N) is 1. The number of halogens is 4. The Morgan fingerprint density at radius 2 is 1.41 bits per heavy atom. The molecular formula is C48H63F4N3S. The van der Waals surface area contributed by atoms with Crippen LogP contribution in [0.5, 0.6) is 0 Å². The third kappa shape index (κ3) is 16.7. The lowest BCUT2D eigenvalue weighted by Crippen LogP contribution is -2.35. The van der Waals surface area contributed by atoms with Crippen LogP contribution in [0.2, 0.25) is 0 Å². The molecule has 0 amide bonds. The van der Waals surface area contributed by atoms with Crippen LogP contribution < -0.4 is 11.1 Å². The lowest BCUT2D eigenvalue weighted by molar-refractivity contribution is -0.137. The highest BCUT2D eigenvalue weighted by molar-refractivity contribution is 7.98. The molecular weight excluding hydrogens is 727 g/mol. The number of rotatable bonds is 17. The maximum absolute atomic E-state index is 14.0. The Morgan fingerprint density at radius 1 is 0.839 bits per heavy atom. The Bertz CT molecular complexity index is 1740. The molecule has 304 valence electrons. The molecule has 4 aromatic carbocycles. The number of nitriles is 1. The van der Waals surface area contributed by atoms with E-state index in [2.05, 4.69) is 93.5 Å². The van der Waals surface area contributed by atoms with Crippen molar-refractivity contribution in [3.05, 3.63) is 150 Å². The molecule has 0 saturated carbocycles. The normalized spacial score (nSPS) is 11.6. The Labute approximate surface area is 339 Å². The van der Waals surface area contributed by atoms with Gasteiger partial charge in [-0.05, 0) is 133 Å². The molecule has 4 aromatic rings. The summed E-state index contributed by atoms with van der Waals surface area (Å²) >= 11 is 1.61. The van der Waals surface area contributed by atoms with Crippen LogP contribution >= 0.6 is 11.8 Å². The number of unbranched alkanes of at least 4 members (excludes halogenated alkanes) is 2. The predicted octanol–water partition coefficient (Wildman–Crippen LogP) is 14.1. The standard InChI is InChI=1S/C37H45F3N2.C7H7FS.C2H5N.C2H6/c1-5-13-33(14-6-2)36(4,34-21-20-32(27-41)35(25-34)37(38,39)40)26-29-17-12-19-31(24-29)30-18-11-16-28(23-30)15-9-8-10-22-42-7-3;1-9-7-4-2-6(8)3-5-7;1-2-3;1-2/h7,11-12,16-21,23-25,33,42H,3,5-6,8-10,13-15,22,26H2,1-2,4H3;2-5H,1H3;2H,1,3H2;1-2H3. The first-order chi connectivity index (χ1) is 26.9. The van der Waals surface area contributed by atoms with Crippen molar-refractivity contribution in [1.82, 2.24) is 5.32 Å². The van der Waals surface area contributed by atoms with Gasteiger partial charge in [-0.2, -0.15) is 18.4 Å². The summed E-state index contributed by atoms with van der Waals surface area (Å²) < 4.78 is 54.2. The van der Waals surface area contributed by atoms with Crippen molar-refractivity contribution in [1.29, 1.82) is 5.26 Å². The van der Waals surface area contributed by atoms with Gasteiger partial charge in [-0.3, -0.25) is 0 Å². The van der Waals surface area contributed by atoms with E-state index in [9.17, 15) is 22.8 Å². The van der Waals surface area contributed by atoms with Gasteiger partial charge in [-0.15, -0.1) is 11.8 Å². The SMILES string of the molecule is C=CN.C=CNCCCCCc1cccc(-c2cccc(CC(C)(c3ccc(C#N)c(C(F)(F)F)c3)C(CCC)CCC)c2)c1.CC.CSc1ccc(F)cc1. The molecule has 1 atom stereocenters. The first kappa shape index (κ1) is 49.5. The van der Waals surface area contributed by atoms with Crippen LogP contribution in [-0.2, 0) is 24.4 Å². The molecule has 0 spiro atoms. The summed E-state index contributed by atoms with van der Waals surface area (Å²) in [5.74, 6) is 0.0305. The number of nitrogens with one attached hydrogen (secondary N) is 1. The first-order valence-electron chi connectivity index (χ1n) is 19.7. The number of benzene rings is 4. The Hall–Kier alpha value is -4.48. The highest BCUT2D eigenvalue weighted by Gasteiger charge is 2.39. The molecule has 0 bridgehead atoms. The van der Waals surface area contributed by atoms with Gasteiger partial charge in [0.15, 0.2) is 0 Å². The molecule has 0 heterocycles.